The molecule has 2 aromatic carbocycles. The largest absolute Gasteiger partial charge is 0.449 e. The Morgan fingerprint density at radius 1 is 0.962 bits per heavy atom. The number of carbonyl (C=O) groups excluding carboxylic acids is 2. The average Bonchev–Trinajstić information content (AvgIpc) is 2.68. The molecule has 0 aliphatic carbocycles. The van der Waals surface area contributed by atoms with Gasteiger partial charge in [-0.15, -0.1) is 0 Å². The number of benzene rings is 2. The molecule has 0 spiro atoms. The summed E-state index contributed by atoms with van der Waals surface area (Å²) in [7, 11) is 0. The lowest BCUT2D eigenvalue weighted by Crippen LogP contribution is -2.51. The molecular weight excluding hydrogens is 443 g/mol. The van der Waals surface area contributed by atoms with E-state index >= 15 is 0 Å². The molecule has 6 heteroatoms. The Morgan fingerprint density at radius 2 is 1.58 bits per heavy atom. The number of para-hydroxylation sites is 1. The first kappa shape index (κ1) is 18.7. The Bertz CT molecular complexity index is 756. The van der Waals surface area contributed by atoms with Gasteiger partial charge in [0, 0.05) is 35.4 Å². The molecule has 1 aliphatic rings. The SMILES string of the molecule is CC(OC(=O)c1ccc(I)cc1)C(=O)N1CCN(c2ccccc2)CC1. The molecule has 1 unspecified atom stereocenters. The number of ether oxygens (including phenoxy) is 1. The van der Waals surface area contributed by atoms with Gasteiger partial charge in [0.15, 0.2) is 6.10 Å². The highest BCUT2D eigenvalue weighted by Crippen LogP contribution is 2.16. The van der Waals surface area contributed by atoms with Crippen LogP contribution in [-0.4, -0.2) is 49.1 Å². The molecule has 1 saturated heterocycles. The third-order valence-electron chi connectivity index (χ3n) is 4.42. The molecule has 0 radical (unpaired) electrons. The van der Waals surface area contributed by atoms with Crippen LogP contribution in [-0.2, 0) is 9.53 Å². The van der Waals surface area contributed by atoms with Crippen LogP contribution < -0.4 is 4.90 Å². The van der Waals surface area contributed by atoms with Crippen molar-refractivity contribution in [1.82, 2.24) is 4.90 Å². The highest BCUT2D eigenvalue weighted by Gasteiger charge is 2.27. The maximum Gasteiger partial charge on any atom is 0.338 e. The van der Waals surface area contributed by atoms with Crippen LogP contribution in [0.2, 0.25) is 0 Å². The fourth-order valence-corrected chi connectivity index (χ4v) is 3.31. The first-order valence-corrected chi connectivity index (χ1v) is 9.68. The highest BCUT2D eigenvalue weighted by atomic mass is 127. The zero-order chi connectivity index (χ0) is 18.5. The van der Waals surface area contributed by atoms with Crippen LogP contribution >= 0.6 is 22.6 Å². The summed E-state index contributed by atoms with van der Waals surface area (Å²) < 4.78 is 6.40. The van der Waals surface area contributed by atoms with Gasteiger partial charge in [-0.25, -0.2) is 4.79 Å². The summed E-state index contributed by atoms with van der Waals surface area (Å²) in [5.41, 5.74) is 1.62. The van der Waals surface area contributed by atoms with Crippen molar-refractivity contribution < 1.29 is 14.3 Å². The quantitative estimate of drug-likeness (QED) is 0.516. The van der Waals surface area contributed by atoms with E-state index in [2.05, 4.69) is 39.6 Å². The summed E-state index contributed by atoms with van der Waals surface area (Å²) in [5.74, 6) is -0.609. The van der Waals surface area contributed by atoms with Gasteiger partial charge in [-0.1, -0.05) is 18.2 Å². The molecule has 1 aliphatic heterocycles. The Labute approximate surface area is 167 Å². The maximum atomic E-state index is 12.6. The predicted molar refractivity (Wildman–Crippen MR) is 109 cm³/mol. The highest BCUT2D eigenvalue weighted by molar-refractivity contribution is 14.1. The van der Waals surface area contributed by atoms with Gasteiger partial charge >= 0.3 is 5.97 Å². The molecule has 0 bridgehead atoms. The summed E-state index contributed by atoms with van der Waals surface area (Å²) >= 11 is 2.17. The van der Waals surface area contributed by atoms with Crippen LogP contribution in [0.1, 0.15) is 17.3 Å². The number of piperazine rings is 1. The van der Waals surface area contributed by atoms with Crippen LogP contribution in [0.25, 0.3) is 0 Å². The van der Waals surface area contributed by atoms with Gasteiger partial charge in [-0.3, -0.25) is 4.79 Å². The van der Waals surface area contributed by atoms with E-state index in [0.717, 1.165) is 22.3 Å². The molecule has 2 aromatic rings. The molecule has 1 amide bonds. The van der Waals surface area contributed by atoms with Gasteiger partial charge in [0.25, 0.3) is 5.91 Å². The lowest BCUT2D eigenvalue weighted by molar-refractivity contribution is -0.140. The number of hydrogen-bond donors (Lipinski definition) is 0. The van der Waals surface area contributed by atoms with Crippen LogP contribution in [0.5, 0.6) is 0 Å². The van der Waals surface area contributed by atoms with E-state index in [9.17, 15) is 9.59 Å². The standard InChI is InChI=1S/C20H21IN2O3/c1-15(26-20(25)16-7-9-17(21)10-8-16)19(24)23-13-11-22(12-14-23)18-5-3-2-4-6-18/h2-10,15H,11-14H2,1H3. The van der Waals surface area contributed by atoms with Crippen LogP contribution in [0.4, 0.5) is 5.69 Å². The monoisotopic (exact) mass is 464 g/mol. The van der Waals surface area contributed by atoms with Crippen molar-refractivity contribution in [2.75, 3.05) is 31.1 Å². The third-order valence-corrected chi connectivity index (χ3v) is 5.14. The summed E-state index contributed by atoms with van der Waals surface area (Å²) in [6.45, 7) is 4.43. The van der Waals surface area contributed by atoms with E-state index < -0.39 is 12.1 Å². The molecule has 1 fully saturated rings. The lowest BCUT2D eigenvalue weighted by atomic mass is 10.2. The number of hydrogen-bond acceptors (Lipinski definition) is 4. The third kappa shape index (κ3) is 4.55. The van der Waals surface area contributed by atoms with E-state index in [0.29, 0.717) is 18.7 Å². The number of anilines is 1. The zero-order valence-corrected chi connectivity index (χ0v) is 16.8. The number of amides is 1. The fraction of sp³-hybridized carbons (Fsp3) is 0.300. The summed E-state index contributed by atoms with van der Waals surface area (Å²) in [5, 5.41) is 0. The number of halogens is 1. The number of rotatable bonds is 4. The fourth-order valence-electron chi connectivity index (χ4n) is 2.95. The lowest BCUT2D eigenvalue weighted by Gasteiger charge is -2.37. The van der Waals surface area contributed by atoms with Gasteiger partial charge in [0.05, 0.1) is 5.56 Å². The van der Waals surface area contributed by atoms with Gasteiger partial charge in [-0.2, -0.15) is 0 Å². The number of nitrogens with zero attached hydrogens (tertiary/aromatic N) is 2. The first-order valence-electron chi connectivity index (χ1n) is 8.60. The van der Waals surface area contributed by atoms with E-state index in [4.69, 9.17) is 4.74 Å². The van der Waals surface area contributed by atoms with Gasteiger partial charge in [0.1, 0.15) is 0 Å². The molecule has 1 heterocycles. The van der Waals surface area contributed by atoms with Crippen molar-refractivity contribution in [2.24, 2.45) is 0 Å². The molecule has 1 atom stereocenters. The van der Waals surface area contributed by atoms with E-state index in [-0.39, 0.29) is 5.91 Å². The zero-order valence-electron chi connectivity index (χ0n) is 14.6. The van der Waals surface area contributed by atoms with Crippen molar-refractivity contribution in [3.05, 3.63) is 63.7 Å². The summed E-state index contributed by atoms with van der Waals surface area (Å²) in [6, 6.07) is 17.3. The molecule has 0 aromatic heterocycles. The van der Waals surface area contributed by atoms with E-state index in [1.54, 1.807) is 24.0 Å². The second-order valence-electron chi connectivity index (χ2n) is 6.20. The Morgan fingerprint density at radius 3 is 2.19 bits per heavy atom. The number of esters is 1. The molecular formula is C20H21IN2O3. The number of carbonyl (C=O) groups is 2. The van der Waals surface area contributed by atoms with E-state index in [1.807, 2.05) is 30.3 Å². The topological polar surface area (TPSA) is 49.9 Å². The summed E-state index contributed by atoms with van der Waals surface area (Å²) in [6.07, 6.45) is -0.787. The second kappa shape index (κ2) is 8.53. The average molecular weight is 464 g/mol. The van der Waals surface area contributed by atoms with Crippen LogP contribution in [0.15, 0.2) is 54.6 Å². The molecule has 5 nitrogen and oxygen atoms in total. The normalized spacial score (nSPS) is 15.5. The van der Waals surface area contributed by atoms with Crippen molar-refractivity contribution in [3.63, 3.8) is 0 Å². The molecule has 136 valence electrons. The van der Waals surface area contributed by atoms with Crippen molar-refractivity contribution in [3.8, 4) is 0 Å². The van der Waals surface area contributed by atoms with Crippen molar-refractivity contribution in [2.45, 2.75) is 13.0 Å². The second-order valence-corrected chi connectivity index (χ2v) is 7.45. The summed E-state index contributed by atoms with van der Waals surface area (Å²) in [4.78, 5) is 28.8. The Kier molecular flexibility index (Phi) is 6.13. The maximum absolute atomic E-state index is 12.6. The van der Waals surface area contributed by atoms with Gasteiger partial charge in [0.2, 0.25) is 0 Å². The van der Waals surface area contributed by atoms with Crippen molar-refractivity contribution in [1.29, 1.82) is 0 Å². The van der Waals surface area contributed by atoms with E-state index in [1.165, 1.54) is 0 Å². The van der Waals surface area contributed by atoms with Crippen LogP contribution in [0.3, 0.4) is 0 Å². The molecule has 3 rings (SSSR count). The molecule has 0 N–H and O–H groups in total. The van der Waals surface area contributed by atoms with Gasteiger partial charge in [-0.05, 0) is 65.9 Å². The van der Waals surface area contributed by atoms with Crippen molar-refractivity contribution >= 4 is 40.2 Å². The predicted octanol–water partition coefficient (Wildman–Crippen LogP) is 3.19. The van der Waals surface area contributed by atoms with Gasteiger partial charge < -0.3 is 14.5 Å². The van der Waals surface area contributed by atoms with Crippen LogP contribution in [0, 0.1) is 3.57 Å². The molecule has 0 saturated carbocycles. The molecule has 26 heavy (non-hydrogen) atoms. The Balaban J connectivity index is 1.53. The first-order chi connectivity index (χ1) is 12.5. The minimum atomic E-state index is -0.787. The Hall–Kier alpha value is -2.09. The minimum Gasteiger partial charge on any atom is -0.449 e. The minimum absolute atomic E-state index is 0.142. The smallest absolute Gasteiger partial charge is 0.338 e.